The molecule has 192 valence electrons. The Morgan fingerprint density at radius 3 is 2.00 bits per heavy atom. The molecular formula is C25H33F2N3O4S. The molecule has 0 saturated heterocycles. The minimum atomic E-state index is -3.66. The highest BCUT2D eigenvalue weighted by atomic mass is 32.2. The maximum Gasteiger partial charge on any atom is 0.242 e. The number of hydrogen-bond donors (Lipinski definition) is 1. The van der Waals surface area contributed by atoms with Gasteiger partial charge in [0.25, 0.3) is 0 Å². The number of halogens is 2. The normalized spacial score (nSPS) is 12.3. The van der Waals surface area contributed by atoms with Gasteiger partial charge in [-0.1, -0.05) is 26.0 Å². The number of carbonyl (C=O) groups is 2. The number of nitrogens with one attached hydrogen (secondary N) is 1. The minimum Gasteiger partial charge on any atom is -0.354 e. The van der Waals surface area contributed by atoms with Gasteiger partial charge in [0.15, 0.2) is 0 Å². The highest BCUT2D eigenvalue weighted by molar-refractivity contribution is 7.92. The summed E-state index contributed by atoms with van der Waals surface area (Å²) in [6, 6.07) is 9.95. The van der Waals surface area contributed by atoms with E-state index in [1.54, 1.807) is 19.1 Å². The van der Waals surface area contributed by atoms with E-state index in [9.17, 15) is 26.8 Å². The van der Waals surface area contributed by atoms with Gasteiger partial charge in [-0.05, 0) is 61.2 Å². The number of nitrogens with zero attached hydrogens (tertiary/aromatic N) is 2. The maximum atomic E-state index is 13.3. The second-order valence-corrected chi connectivity index (χ2v) is 10.8. The third kappa shape index (κ3) is 8.93. The van der Waals surface area contributed by atoms with Gasteiger partial charge in [0, 0.05) is 26.1 Å². The molecule has 0 fully saturated rings. The predicted octanol–water partition coefficient (Wildman–Crippen LogP) is 3.70. The van der Waals surface area contributed by atoms with Crippen molar-refractivity contribution in [3.8, 4) is 0 Å². The average Bonchev–Trinajstić information content (AvgIpc) is 2.79. The Hall–Kier alpha value is -3.01. The van der Waals surface area contributed by atoms with E-state index in [1.807, 2.05) is 13.8 Å². The van der Waals surface area contributed by atoms with Gasteiger partial charge in [0.05, 0.1) is 11.9 Å². The first kappa shape index (κ1) is 28.2. The average molecular weight is 510 g/mol. The van der Waals surface area contributed by atoms with Crippen LogP contribution < -0.4 is 9.62 Å². The highest BCUT2D eigenvalue weighted by Gasteiger charge is 2.26. The Bertz CT molecular complexity index is 1090. The molecule has 0 radical (unpaired) electrons. The lowest BCUT2D eigenvalue weighted by atomic mass is 10.1. The molecule has 0 saturated carbocycles. The molecule has 0 aliphatic carbocycles. The molecule has 0 aliphatic rings. The van der Waals surface area contributed by atoms with E-state index < -0.39 is 27.7 Å². The smallest absolute Gasteiger partial charge is 0.242 e. The van der Waals surface area contributed by atoms with Gasteiger partial charge < -0.3 is 10.2 Å². The van der Waals surface area contributed by atoms with Gasteiger partial charge in [0.1, 0.15) is 17.7 Å². The molecule has 0 heterocycles. The van der Waals surface area contributed by atoms with Gasteiger partial charge in [-0.15, -0.1) is 0 Å². The Kier molecular flexibility index (Phi) is 10.2. The number of amides is 2. The van der Waals surface area contributed by atoms with Gasteiger partial charge >= 0.3 is 0 Å². The molecule has 10 heteroatoms. The van der Waals surface area contributed by atoms with Crippen LogP contribution in [-0.4, -0.2) is 50.5 Å². The molecule has 0 aliphatic heterocycles. The van der Waals surface area contributed by atoms with E-state index in [-0.39, 0.29) is 43.7 Å². The Morgan fingerprint density at radius 2 is 1.49 bits per heavy atom. The molecular weight excluding hydrogens is 476 g/mol. The third-order valence-corrected chi connectivity index (χ3v) is 6.58. The summed E-state index contributed by atoms with van der Waals surface area (Å²) in [5.74, 6) is -1.30. The van der Waals surface area contributed by atoms with Crippen LogP contribution in [0.25, 0.3) is 0 Å². The highest BCUT2D eigenvalue weighted by Crippen LogP contribution is 2.19. The zero-order valence-corrected chi connectivity index (χ0v) is 21.3. The van der Waals surface area contributed by atoms with Gasteiger partial charge in [0.2, 0.25) is 21.8 Å². The quantitative estimate of drug-likeness (QED) is 0.473. The SMILES string of the molecule is CC(C)CNC(=O)[C@@H](C)N(Cc1ccc(F)cc1)C(=O)CCCN(c1ccc(F)cc1)S(C)(=O)=O. The lowest BCUT2D eigenvalue weighted by Gasteiger charge is -2.29. The zero-order valence-electron chi connectivity index (χ0n) is 20.5. The molecule has 0 aromatic heterocycles. The molecule has 0 bridgehead atoms. The molecule has 35 heavy (non-hydrogen) atoms. The van der Waals surface area contributed by atoms with Crippen molar-refractivity contribution < 1.29 is 26.8 Å². The van der Waals surface area contributed by atoms with Crippen molar-refractivity contribution in [3.05, 3.63) is 65.7 Å². The van der Waals surface area contributed by atoms with Gasteiger partial charge in [-0.25, -0.2) is 17.2 Å². The lowest BCUT2D eigenvalue weighted by Crippen LogP contribution is -2.48. The van der Waals surface area contributed by atoms with Crippen LogP contribution in [0, 0.1) is 17.6 Å². The summed E-state index contributed by atoms with van der Waals surface area (Å²) in [7, 11) is -3.66. The zero-order chi connectivity index (χ0) is 26.2. The van der Waals surface area contributed by atoms with Crippen LogP contribution >= 0.6 is 0 Å². The lowest BCUT2D eigenvalue weighted by molar-refractivity contribution is -0.140. The molecule has 0 unspecified atom stereocenters. The topological polar surface area (TPSA) is 86.8 Å². The fourth-order valence-corrected chi connectivity index (χ4v) is 4.40. The first-order chi connectivity index (χ1) is 16.4. The van der Waals surface area contributed by atoms with Crippen molar-refractivity contribution in [1.29, 1.82) is 0 Å². The fourth-order valence-electron chi connectivity index (χ4n) is 3.43. The molecule has 2 amide bonds. The number of anilines is 1. The molecule has 2 aromatic rings. The van der Waals surface area contributed by atoms with E-state index in [0.717, 1.165) is 10.6 Å². The van der Waals surface area contributed by atoms with Crippen LogP contribution in [0.4, 0.5) is 14.5 Å². The molecule has 1 atom stereocenters. The van der Waals surface area contributed by atoms with Gasteiger partial charge in [-0.2, -0.15) is 0 Å². The fraction of sp³-hybridized carbons (Fsp3) is 0.440. The van der Waals surface area contributed by atoms with Crippen molar-refractivity contribution in [2.45, 2.75) is 46.2 Å². The summed E-state index contributed by atoms with van der Waals surface area (Å²) in [5.41, 5.74) is 0.957. The van der Waals surface area contributed by atoms with Crippen LogP contribution in [-0.2, 0) is 26.2 Å². The summed E-state index contributed by atoms with van der Waals surface area (Å²) in [6.45, 7) is 6.11. The standard InChI is InChI=1S/C25H33F2N3O4S/c1-18(2)16-28-25(32)19(3)29(17-20-7-9-21(26)10-8-20)24(31)6-5-15-30(35(4,33)34)23-13-11-22(27)12-14-23/h7-14,18-19H,5-6,15-17H2,1-4H3,(H,28,32)/t19-/m1/s1. The Balaban J connectivity index is 2.14. The van der Waals surface area contributed by atoms with E-state index in [1.165, 1.54) is 41.3 Å². The number of rotatable bonds is 12. The summed E-state index contributed by atoms with van der Waals surface area (Å²) in [6.07, 6.45) is 1.21. The van der Waals surface area contributed by atoms with Crippen LogP contribution in [0.2, 0.25) is 0 Å². The van der Waals surface area contributed by atoms with Crippen LogP contribution in [0.3, 0.4) is 0 Å². The molecule has 1 N–H and O–H groups in total. The summed E-state index contributed by atoms with van der Waals surface area (Å²) >= 11 is 0. The first-order valence-corrected chi connectivity index (χ1v) is 13.3. The molecule has 7 nitrogen and oxygen atoms in total. The van der Waals surface area contributed by atoms with Crippen LogP contribution in [0.15, 0.2) is 48.5 Å². The number of hydrogen-bond acceptors (Lipinski definition) is 4. The van der Waals surface area contributed by atoms with Crippen LogP contribution in [0.1, 0.15) is 39.2 Å². The largest absolute Gasteiger partial charge is 0.354 e. The second kappa shape index (κ2) is 12.6. The van der Waals surface area contributed by atoms with E-state index in [4.69, 9.17) is 0 Å². The van der Waals surface area contributed by atoms with Crippen molar-refractivity contribution >= 4 is 27.5 Å². The second-order valence-electron chi connectivity index (χ2n) is 8.88. The number of sulfonamides is 1. The van der Waals surface area contributed by atoms with Crippen LogP contribution in [0.5, 0.6) is 0 Å². The Labute approximate surface area is 206 Å². The Morgan fingerprint density at radius 1 is 0.943 bits per heavy atom. The summed E-state index contributed by atoms with van der Waals surface area (Å²) in [5, 5.41) is 2.82. The summed E-state index contributed by atoms with van der Waals surface area (Å²) < 4.78 is 52.2. The number of benzene rings is 2. The van der Waals surface area contributed by atoms with E-state index in [0.29, 0.717) is 17.8 Å². The van der Waals surface area contributed by atoms with Crippen molar-refractivity contribution in [3.63, 3.8) is 0 Å². The first-order valence-electron chi connectivity index (χ1n) is 11.4. The number of carbonyl (C=O) groups excluding carboxylic acids is 2. The van der Waals surface area contributed by atoms with Crippen molar-refractivity contribution in [1.82, 2.24) is 10.2 Å². The molecule has 2 aromatic carbocycles. The van der Waals surface area contributed by atoms with E-state index in [2.05, 4.69) is 5.32 Å². The minimum absolute atomic E-state index is 0.00845. The molecule has 0 spiro atoms. The van der Waals surface area contributed by atoms with Crippen molar-refractivity contribution in [2.24, 2.45) is 5.92 Å². The monoisotopic (exact) mass is 509 g/mol. The third-order valence-electron chi connectivity index (χ3n) is 5.38. The molecule has 2 rings (SSSR count). The van der Waals surface area contributed by atoms with E-state index >= 15 is 0 Å². The van der Waals surface area contributed by atoms with Gasteiger partial charge in [-0.3, -0.25) is 13.9 Å². The van der Waals surface area contributed by atoms with Crippen molar-refractivity contribution in [2.75, 3.05) is 23.7 Å². The maximum absolute atomic E-state index is 13.3. The predicted molar refractivity (Wildman–Crippen MR) is 132 cm³/mol. The summed E-state index contributed by atoms with van der Waals surface area (Å²) in [4.78, 5) is 27.3.